The fraction of sp³-hybridized carbons (Fsp3) is 0.273. The summed E-state index contributed by atoms with van der Waals surface area (Å²) < 4.78 is 2.23. The molecule has 3 aromatic rings. The van der Waals surface area contributed by atoms with Crippen molar-refractivity contribution in [2.75, 3.05) is 18.0 Å². The van der Waals surface area contributed by atoms with Gasteiger partial charge >= 0.3 is 0 Å². The van der Waals surface area contributed by atoms with Crippen LogP contribution in [0.25, 0.3) is 10.9 Å². The molecule has 0 saturated carbocycles. The molecule has 1 aromatic heterocycles. The predicted octanol–water partition coefficient (Wildman–Crippen LogP) is 4.31. The van der Waals surface area contributed by atoms with Crippen LogP contribution in [0.2, 0.25) is 0 Å². The van der Waals surface area contributed by atoms with Gasteiger partial charge in [-0.3, -0.25) is 0 Å². The van der Waals surface area contributed by atoms with E-state index in [0.717, 1.165) is 5.69 Å². The molecular formula is C22H26N2O. The lowest BCUT2D eigenvalue weighted by atomic mass is 10.2. The van der Waals surface area contributed by atoms with E-state index in [2.05, 4.69) is 66.3 Å². The summed E-state index contributed by atoms with van der Waals surface area (Å²) in [6.07, 6.45) is 1.41. The van der Waals surface area contributed by atoms with Gasteiger partial charge in [-0.05, 0) is 37.6 Å². The van der Waals surface area contributed by atoms with Crippen molar-refractivity contribution in [2.24, 2.45) is 0 Å². The molecule has 0 aliphatic carbocycles. The Morgan fingerprint density at radius 3 is 2.48 bits per heavy atom. The van der Waals surface area contributed by atoms with Gasteiger partial charge in [-0.15, -0.1) is 6.58 Å². The molecule has 3 nitrogen and oxygen atoms in total. The van der Waals surface area contributed by atoms with E-state index >= 15 is 0 Å². The molecule has 3 heteroatoms. The highest BCUT2D eigenvalue weighted by Crippen LogP contribution is 2.25. The summed E-state index contributed by atoms with van der Waals surface area (Å²) in [5.41, 5.74) is 4.79. The predicted molar refractivity (Wildman–Crippen MR) is 106 cm³/mol. The van der Waals surface area contributed by atoms with Crippen LogP contribution in [0.5, 0.6) is 0 Å². The third kappa shape index (κ3) is 3.62. The van der Waals surface area contributed by atoms with E-state index in [4.69, 9.17) is 0 Å². The first kappa shape index (κ1) is 17.3. The van der Waals surface area contributed by atoms with Gasteiger partial charge in [-0.1, -0.05) is 42.5 Å². The summed E-state index contributed by atoms with van der Waals surface area (Å²) in [5.74, 6) is 0. The van der Waals surface area contributed by atoms with E-state index in [1.807, 2.05) is 24.3 Å². The average Bonchev–Trinajstić information content (AvgIpc) is 2.87. The minimum absolute atomic E-state index is 0.464. The number of benzene rings is 2. The molecule has 0 aliphatic rings. The highest BCUT2D eigenvalue weighted by Gasteiger charge is 2.16. The summed E-state index contributed by atoms with van der Waals surface area (Å²) in [6.45, 7) is 9.99. The van der Waals surface area contributed by atoms with Crippen molar-refractivity contribution in [3.8, 4) is 0 Å². The first-order valence-electron chi connectivity index (χ1n) is 8.75. The van der Waals surface area contributed by atoms with Crippen molar-refractivity contribution in [3.63, 3.8) is 0 Å². The van der Waals surface area contributed by atoms with Crippen molar-refractivity contribution in [1.82, 2.24) is 4.57 Å². The molecule has 0 bridgehead atoms. The van der Waals surface area contributed by atoms with Gasteiger partial charge < -0.3 is 14.6 Å². The number of aliphatic hydroxyl groups excluding tert-OH is 1. The number of rotatable bonds is 7. The first-order valence-corrected chi connectivity index (χ1v) is 8.75. The van der Waals surface area contributed by atoms with Crippen molar-refractivity contribution < 1.29 is 5.11 Å². The number of anilines is 1. The molecule has 0 aliphatic heterocycles. The zero-order valence-corrected chi connectivity index (χ0v) is 15.0. The van der Waals surface area contributed by atoms with Gasteiger partial charge in [-0.2, -0.15) is 0 Å². The minimum Gasteiger partial charge on any atom is -0.389 e. The number of aryl methyl sites for hydroxylation is 1. The molecule has 25 heavy (non-hydrogen) atoms. The second-order valence-corrected chi connectivity index (χ2v) is 6.52. The quantitative estimate of drug-likeness (QED) is 0.652. The minimum atomic E-state index is -0.464. The fourth-order valence-electron chi connectivity index (χ4n) is 3.44. The molecule has 0 amide bonds. The molecule has 1 atom stereocenters. The van der Waals surface area contributed by atoms with Crippen LogP contribution in [-0.4, -0.2) is 28.9 Å². The number of hydrogen-bond donors (Lipinski definition) is 1. The SMILES string of the molecule is C=CCN(CC(O)Cn1c(C)c(C)c2ccccc21)c1ccccc1. The molecule has 2 aromatic carbocycles. The molecule has 1 unspecified atom stereocenters. The van der Waals surface area contributed by atoms with E-state index in [1.165, 1.54) is 22.2 Å². The second-order valence-electron chi connectivity index (χ2n) is 6.52. The van der Waals surface area contributed by atoms with E-state index in [1.54, 1.807) is 0 Å². The van der Waals surface area contributed by atoms with E-state index in [0.29, 0.717) is 19.6 Å². The van der Waals surface area contributed by atoms with Crippen LogP contribution >= 0.6 is 0 Å². The van der Waals surface area contributed by atoms with E-state index in [9.17, 15) is 5.11 Å². The fourth-order valence-corrected chi connectivity index (χ4v) is 3.44. The number of aliphatic hydroxyl groups is 1. The maximum absolute atomic E-state index is 10.8. The Kier molecular flexibility index (Phi) is 5.25. The second kappa shape index (κ2) is 7.58. The standard InChI is InChI=1S/C22H26N2O/c1-4-14-23(19-10-6-5-7-11-19)15-20(25)16-24-18(3)17(2)21-12-8-9-13-22(21)24/h4-13,20,25H,1,14-16H2,2-3H3. The van der Waals surface area contributed by atoms with Gasteiger partial charge in [0.1, 0.15) is 0 Å². The Morgan fingerprint density at radius 1 is 1.08 bits per heavy atom. The number of fused-ring (bicyclic) bond motifs is 1. The third-order valence-electron chi connectivity index (χ3n) is 4.84. The molecule has 1 heterocycles. The van der Waals surface area contributed by atoms with Crippen LogP contribution in [-0.2, 0) is 6.54 Å². The maximum atomic E-state index is 10.8. The van der Waals surface area contributed by atoms with E-state index in [-0.39, 0.29) is 0 Å². The Morgan fingerprint density at radius 2 is 1.76 bits per heavy atom. The Bertz CT molecular complexity index is 851. The van der Waals surface area contributed by atoms with Crippen LogP contribution < -0.4 is 4.90 Å². The van der Waals surface area contributed by atoms with Gasteiger partial charge in [-0.25, -0.2) is 0 Å². The van der Waals surface area contributed by atoms with E-state index < -0.39 is 6.10 Å². The first-order chi connectivity index (χ1) is 12.1. The normalized spacial score (nSPS) is 12.3. The maximum Gasteiger partial charge on any atom is 0.0893 e. The highest BCUT2D eigenvalue weighted by atomic mass is 16.3. The Balaban J connectivity index is 1.81. The topological polar surface area (TPSA) is 28.4 Å². The lowest BCUT2D eigenvalue weighted by Crippen LogP contribution is -2.35. The lowest BCUT2D eigenvalue weighted by Gasteiger charge is -2.27. The number of aromatic nitrogens is 1. The summed E-state index contributed by atoms with van der Waals surface area (Å²) in [5, 5.41) is 12.0. The van der Waals surface area contributed by atoms with Gasteiger partial charge in [0.2, 0.25) is 0 Å². The van der Waals surface area contributed by atoms with Crippen LogP contribution in [0.3, 0.4) is 0 Å². The Labute approximate surface area is 149 Å². The lowest BCUT2D eigenvalue weighted by molar-refractivity contribution is 0.160. The van der Waals surface area contributed by atoms with Gasteiger partial charge in [0, 0.05) is 35.4 Å². The highest BCUT2D eigenvalue weighted by molar-refractivity contribution is 5.85. The summed E-state index contributed by atoms with van der Waals surface area (Å²) in [7, 11) is 0. The van der Waals surface area contributed by atoms with Crippen LogP contribution in [0, 0.1) is 13.8 Å². The largest absolute Gasteiger partial charge is 0.389 e. The van der Waals surface area contributed by atoms with Crippen LogP contribution in [0.4, 0.5) is 5.69 Å². The van der Waals surface area contributed by atoms with Crippen molar-refractivity contribution in [1.29, 1.82) is 0 Å². The average molecular weight is 334 g/mol. The van der Waals surface area contributed by atoms with Crippen LogP contribution in [0.15, 0.2) is 67.3 Å². The molecule has 3 rings (SSSR count). The molecule has 0 fully saturated rings. The van der Waals surface area contributed by atoms with Crippen molar-refractivity contribution in [2.45, 2.75) is 26.5 Å². The monoisotopic (exact) mass is 334 g/mol. The Hall–Kier alpha value is -2.52. The molecule has 1 N–H and O–H groups in total. The number of para-hydroxylation sites is 2. The van der Waals surface area contributed by atoms with Gasteiger partial charge in [0.15, 0.2) is 0 Å². The summed E-state index contributed by atoms with van der Waals surface area (Å²) >= 11 is 0. The summed E-state index contributed by atoms with van der Waals surface area (Å²) in [4.78, 5) is 2.16. The zero-order chi connectivity index (χ0) is 17.8. The molecule has 130 valence electrons. The number of hydrogen-bond acceptors (Lipinski definition) is 2. The van der Waals surface area contributed by atoms with Crippen LogP contribution in [0.1, 0.15) is 11.3 Å². The smallest absolute Gasteiger partial charge is 0.0893 e. The van der Waals surface area contributed by atoms with Gasteiger partial charge in [0.25, 0.3) is 0 Å². The third-order valence-corrected chi connectivity index (χ3v) is 4.84. The molecular weight excluding hydrogens is 308 g/mol. The molecule has 0 saturated heterocycles. The van der Waals surface area contributed by atoms with Crippen molar-refractivity contribution in [3.05, 3.63) is 78.5 Å². The zero-order valence-electron chi connectivity index (χ0n) is 15.0. The van der Waals surface area contributed by atoms with Crippen molar-refractivity contribution >= 4 is 16.6 Å². The summed E-state index contributed by atoms with van der Waals surface area (Å²) in [6, 6.07) is 18.6. The number of nitrogens with zero attached hydrogens (tertiary/aromatic N) is 2. The molecule has 0 spiro atoms. The molecule has 0 radical (unpaired) electrons. The van der Waals surface area contributed by atoms with Gasteiger partial charge in [0.05, 0.1) is 12.6 Å².